The predicted molar refractivity (Wildman–Crippen MR) is 110 cm³/mol. The van der Waals surface area contributed by atoms with Gasteiger partial charge in [0.25, 0.3) is 10.0 Å². The van der Waals surface area contributed by atoms with Gasteiger partial charge < -0.3 is 10.8 Å². The van der Waals surface area contributed by atoms with Gasteiger partial charge in [0.1, 0.15) is 0 Å². The summed E-state index contributed by atoms with van der Waals surface area (Å²) in [6, 6.07) is 8.37. The first-order chi connectivity index (χ1) is 12.9. The molecule has 1 aliphatic heterocycles. The molecule has 3 N–H and O–H groups in total. The number of anilines is 2. The van der Waals surface area contributed by atoms with Gasteiger partial charge in [-0.1, -0.05) is 6.07 Å². The molecule has 1 fully saturated rings. The van der Waals surface area contributed by atoms with E-state index in [1.807, 2.05) is 13.8 Å². The molecule has 0 aliphatic carbocycles. The van der Waals surface area contributed by atoms with Gasteiger partial charge in [0, 0.05) is 5.69 Å². The molecule has 0 aromatic heterocycles. The minimum atomic E-state index is -4.14. The maximum absolute atomic E-state index is 13.6. The molecule has 0 radical (unpaired) electrons. The van der Waals surface area contributed by atoms with Gasteiger partial charge >= 0.3 is 0 Å². The molecule has 7 nitrogen and oxygen atoms in total. The minimum absolute atomic E-state index is 0.0870. The highest BCUT2D eigenvalue weighted by Gasteiger charge is 2.45. The summed E-state index contributed by atoms with van der Waals surface area (Å²) in [6.07, 6.45) is -1.32. The van der Waals surface area contributed by atoms with Crippen LogP contribution in [-0.2, 0) is 19.9 Å². The summed E-state index contributed by atoms with van der Waals surface area (Å²) in [4.78, 5) is 0.0870. The fourth-order valence-electron chi connectivity index (χ4n) is 3.48. The molecule has 152 valence electrons. The summed E-state index contributed by atoms with van der Waals surface area (Å²) in [7, 11) is -7.69. The summed E-state index contributed by atoms with van der Waals surface area (Å²) in [5, 5.41) is 10.4. The summed E-state index contributed by atoms with van der Waals surface area (Å²) in [5.74, 6) is -0.910. The van der Waals surface area contributed by atoms with Crippen LogP contribution in [0.3, 0.4) is 0 Å². The molecule has 2 aromatic rings. The number of hydrogen-bond donors (Lipinski definition) is 2. The highest BCUT2D eigenvalue weighted by atomic mass is 32.2. The van der Waals surface area contributed by atoms with E-state index in [1.165, 1.54) is 12.1 Å². The number of nitrogen functional groups attached to an aromatic ring is 1. The smallest absolute Gasteiger partial charge is 0.264 e. The lowest BCUT2D eigenvalue weighted by Crippen LogP contribution is -2.47. The first-order valence-electron chi connectivity index (χ1n) is 8.79. The Morgan fingerprint density at radius 2 is 1.57 bits per heavy atom. The lowest BCUT2D eigenvalue weighted by atomic mass is 10.1. The van der Waals surface area contributed by atoms with Crippen molar-refractivity contribution in [2.75, 3.05) is 21.5 Å². The molecule has 1 heterocycles. The van der Waals surface area contributed by atoms with E-state index in [9.17, 15) is 21.9 Å². The SMILES string of the molecule is Cc1cc(C)c(S(=O)(=O)N(c2ccc(N)cc2)[C@H]2CS(=O)(=O)C[C@H]2O)cc1C. The summed E-state index contributed by atoms with van der Waals surface area (Å²) in [6.45, 7) is 5.41. The third-order valence-electron chi connectivity index (χ3n) is 5.07. The van der Waals surface area contributed by atoms with Crippen LogP contribution in [-0.4, -0.2) is 45.6 Å². The first kappa shape index (κ1) is 20.6. The quantitative estimate of drug-likeness (QED) is 0.719. The van der Waals surface area contributed by atoms with E-state index < -0.39 is 43.5 Å². The van der Waals surface area contributed by atoms with E-state index in [4.69, 9.17) is 5.73 Å². The van der Waals surface area contributed by atoms with Crippen molar-refractivity contribution in [2.24, 2.45) is 0 Å². The highest BCUT2D eigenvalue weighted by molar-refractivity contribution is 7.93. The second kappa shape index (κ2) is 7.06. The second-order valence-corrected chi connectivity index (χ2v) is 11.2. The van der Waals surface area contributed by atoms with Crippen molar-refractivity contribution in [3.63, 3.8) is 0 Å². The van der Waals surface area contributed by atoms with E-state index >= 15 is 0 Å². The van der Waals surface area contributed by atoms with Gasteiger partial charge in [0.2, 0.25) is 0 Å². The fraction of sp³-hybridized carbons (Fsp3) is 0.368. The van der Waals surface area contributed by atoms with Crippen molar-refractivity contribution in [2.45, 2.75) is 37.8 Å². The Bertz CT molecular complexity index is 1110. The van der Waals surface area contributed by atoms with Crippen LogP contribution in [0, 0.1) is 20.8 Å². The average molecular weight is 425 g/mol. The Hall–Kier alpha value is -2.10. The van der Waals surface area contributed by atoms with Crippen LogP contribution in [0.15, 0.2) is 41.3 Å². The lowest BCUT2D eigenvalue weighted by molar-refractivity contribution is 0.184. The van der Waals surface area contributed by atoms with E-state index in [0.29, 0.717) is 11.3 Å². The van der Waals surface area contributed by atoms with Crippen LogP contribution >= 0.6 is 0 Å². The van der Waals surface area contributed by atoms with Crippen LogP contribution < -0.4 is 10.0 Å². The van der Waals surface area contributed by atoms with Crippen LogP contribution in [0.1, 0.15) is 16.7 Å². The molecule has 2 atom stereocenters. The Labute approximate surface area is 165 Å². The first-order valence-corrected chi connectivity index (χ1v) is 12.0. The Kier molecular flexibility index (Phi) is 5.20. The normalized spacial score (nSPS) is 21.6. The van der Waals surface area contributed by atoms with Gasteiger partial charge in [-0.2, -0.15) is 0 Å². The number of rotatable bonds is 4. The number of nitrogens with zero attached hydrogens (tertiary/aromatic N) is 1. The van der Waals surface area contributed by atoms with Crippen molar-refractivity contribution >= 4 is 31.2 Å². The van der Waals surface area contributed by atoms with E-state index in [1.54, 1.807) is 31.2 Å². The largest absolute Gasteiger partial charge is 0.399 e. The molecule has 0 amide bonds. The molecule has 0 unspecified atom stereocenters. The molecule has 0 saturated carbocycles. The molecule has 1 saturated heterocycles. The van der Waals surface area contributed by atoms with E-state index in [0.717, 1.165) is 15.4 Å². The van der Waals surface area contributed by atoms with Crippen molar-refractivity contribution < 1.29 is 21.9 Å². The third-order valence-corrected chi connectivity index (χ3v) is 8.76. The summed E-state index contributed by atoms with van der Waals surface area (Å²) in [5.41, 5.74) is 8.74. The Morgan fingerprint density at radius 3 is 2.11 bits per heavy atom. The standard InChI is InChI=1S/C19H24N2O5S2/c1-12-8-14(3)19(9-13(12)2)28(25,26)21(16-6-4-15(20)5-7-16)17-10-27(23,24)11-18(17)22/h4-9,17-18,22H,10-11,20H2,1-3H3/t17-,18+/m0/s1. The number of aryl methyl sites for hydroxylation is 3. The zero-order valence-electron chi connectivity index (χ0n) is 16.0. The Morgan fingerprint density at radius 1 is 1.00 bits per heavy atom. The number of aliphatic hydroxyl groups excluding tert-OH is 1. The van der Waals surface area contributed by atoms with Crippen LogP contribution in [0.4, 0.5) is 11.4 Å². The molecule has 1 aliphatic rings. The molecular formula is C19H24N2O5S2. The number of sulfone groups is 1. The number of hydrogen-bond acceptors (Lipinski definition) is 6. The van der Waals surface area contributed by atoms with Crippen molar-refractivity contribution in [3.8, 4) is 0 Å². The highest BCUT2D eigenvalue weighted by Crippen LogP contribution is 2.33. The number of benzene rings is 2. The third kappa shape index (κ3) is 3.74. The van der Waals surface area contributed by atoms with E-state index in [-0.39, 0.29) is 10.6 Å². The zero-order chi connectivity index (χ0) is 20.9. The van der Waals surface area contributed by atoms with E-state index in [2.05, 4.69) is 0 Å². The lowest BCUT2D eigenvalue weighted by Gasteiger charge is -2.32. The number of aliphatic hydroxyl groups is 1. The molecule has 0 spiro atoms. The minimum Gasteiger partial charge on any atom is -0.399 e. The van der Waals surface area contributed by atoms with Crippen LogP contribution in [0.2, 0.25) is 0 Å². The molecule has 0 bridgehead atoms. The molecule has 2 aromatic carbocycles. The predicted octanol–water partition coefficient (Wildman–Crippen LogP) is 1.55. The Balaban J connectivity index is 2.21. The average Bonchev–Trinajstić information content (AvgIpc) is 2.85. The number of nitrogens with two attached hydrogens (primary N) is 1. The molecular weight excluding hydrogens is 400 g/mol. The van der Waals surface area contributed by atoms with Gasteiger partial charge in [0.15, 0.2) is 9.84 Å². The fourth-order valence-corrected chi connectivity index (χ4v) is 7.32. The maximum Gasteiger partial charge on any atom is 0.264 e. The summed E-state index contributed by atoms with van der Waals surface area (Å²) < 4.78 is 52.4. The van der Waals surface area contributed by atoms with Crippen molar-refractivity contribution in [3.05, 3.63) is 53.1 Å². The van der Waals surface area contributed by atoms with Crippen LogP contribution in [0.25, 0.3) is 0 Å². The van der Waals surface area contributed by atoms with Gasteiger partial charge in [-0.05, 0) is 67.8 Å². The van der Waals surface area contributed by atoms with Gasteiger partial charge in [-0.3, -0.25) is 4.31 Å². The topological polar surface area (TPSA) is 118 Å². The second-order valence-electron chi connectivity index (χ2n) is 7.31. The van der Waals surface area contributed by atoms with Gasteiger partial charge in [0.05, 0.1) is 34.2 Å². The van der Waals surface area contributed by atoms with Gasteiger partial charge in [-0.25, -0.2) is 16.8 Å². The summed E-state index contributed by atoms with van der Waals surface area (Å²) >= 11 is 0. The zero-order valence-corrected chi connectivity index (χ0v) is 17.6. The van der Waals surface area contributed by atoms with Crippen LogP contribution in [0.5, 0.6) is 0 Å². The van der Waals surface area contributed by atoms with Crippen molar-refractivity contribution in [1.82, 2.24) is 0 Å². The maximum atomic E-state index is 13.6. The monoisotopic (exact) mass is 424 g/mol. The molecule has 28 heavy (non-hydrogen) atoms. The number of sulfonamides is 1. The molecule has 9 heteroatoms. The van der Waals surface area contributed by atoms with Gasteiger partial charge in [-0.15, -0.1) is 0 Å². The molecule has 3 rings (SSSR count). The van der Waals surface area contributed by atoms with Crippen molar-refractivity contribution in [1.29, 1.82) is 0 Å².